The van der Waals surface area contributed by atoms with Gasteiger partial charge >= 0.3 is 5.97 Å². The maximum absolute atomic E-state index is 12.4. The number of hydrogen-bond donors (Lipinski definition) is 2. The predicted octanol–water partition coefficient (Wildman–Crippen LogP) is 1.91. The van der Waals surface area contributed by atoms with E-state index in [-0.39, 0.29) is 17.3 Å². The van der Waals surface area contributed by atoms with Crippen LogP contribution in [0.4, 0.5) is 11.4 Å². The third-order valence-electron chi connectivity index (χ3n) is 4.60. The topological polar surface area (TPSA) is 119 Å². The Bertz CT molecular complexity index is 1080. The number of anilines is 2. The monoisotopic (exact) mass is 429 g/mol. The molecule has 0 aliphatic carbocycles. The Morgan fingerprint density at radius 2 is 1.93 bits per heavy atom. The van der Waals surface area contributed by atoms with Crippen LogP contribution >= 0.6 is 0 Å². The summed E-state index contributed by atoms with van der Waals surface area (Å²) in [5.74, 6) is -0.592. The molecule has 1 heterocycles. The van der Waals surface area contributed by atoms with Crippen molar-refractivity contribution >= 4 is 39.4 Å². The molecule has 3 N–H and O–H groups in total. The van der Waals surface area contributed by atoms with Crippen LogP contribution in [0.3, 0.4) is 0 Å². The Morgan fingerprint density at radius 1 is 1.20 bits per heavy atom. The zero-order chi connectivity index (χ0) is 21.7. The van der Waals surface area contributed by atoms with Gasteiger partial charge in [0.1, 0.15) is 0 Å². The summed E-state index contributed by atoms with van der Waals surface area (Å²) in [6.07, 6.45) is 3.64. The molecule has 3 rings (SSSR count). The van der Waals surface area contributed by atoms with Crippen molar-refractivity contribution < 1.29 is 22.7 Å². The molecule has 1 aliphatic rings. The van der Waals surface area contributed by atoms with Crippen LogP contribution in [0, 0.1) is 0 Å². The molecule has 0 atom stereocenters. The lowest BCUT2D eigenvalue weighted by Crippen LogP contribution is -2.31. The molecule has 0 saturated heterocycles. The number of carbonyl (C=O) groups is 2. The zero-order valence-electron chi connectivity index (χ0n) is 16.5. The largest absolute Gasteiger partial charge is 0.463 e. The number of rotatable bonds is 7. The molecular weight excluding hydrogens is 406 g/mol. The highest BCUT2D eigenvalue weighted by atomic mass is 32.2. The van der Waals surface area contributed by atoms with Crippen molar-refractivity contribution in [1.82, 2.24) is 0 Å². The zero-order valence-corrected chi connectivity index (χ0v) is 17.3. The van der Waals surface area contributed by atoms with E-state index in [0.29, 0.717) is 25.3 Å². The van der Waals surface area contributed by atoms with Gasteiger partial charge in [0.25, 0.3) is 0 Å². The van der Waals surface area contributed by atoms with Gasteiger partial charge in [-0.15, -0.1) is 0 Å². The Hall–Kier alpha value is -3.17. The van der Waals surface area contributed by atoms with Crippen molar-refractivity contribution in [1.29, 1.82) is 0 Å². The normalized spacial score (nSPS) is 13.3. The first kappa shape index (κ1) is 21.5. The second-order valence-corrected chi connectivity index (χ2v) is 8.32. The van der Waals surface area contributed by atoms with Crippen LogP contribution in [0.5, 0.6) is 0 Å². The second-order valence-electron chi connectivity index (χ2n) is 6.76. The molecule has 158 valence electrons. The maximum atomic E-state index is 12.4. The van der Waals surface area contributed by atoms with Crippen molar-refractivity contribution in [3.63, 3.8) is 0 Å². The summed E-state index contributed by atoms with van der Waals surface area (Å²) in [5, 5.41) is 8.01. The molecule has 1 amide bonds. The van der Waals surface area contributed by atoms with Crippen LogP contribution in [-0.2, 0) is 30.8 Å². The number of nitrogens with two attached hydrogens (primary N) is 1. The lowest BCUT2D eigenvalue weighted by molar-refractivity contribution is -0.137. The van der Waals surface area contributed by atoms with Crippen molar-refractivity contribution in [2.75, 3.05) is 29.9 Å². The van der Waals surface area contributed by atoms with Gasteiger partial charge in [0, 0.05) is 24.0 Å². The average Bonchev–Trinajstić information content (AvgIpc) is 3.09. The molecule has 1 aliphatic heterocycles. The van der Waals surface area contributed by atoms with Gasteiger partial charge in [-0.1, -0.05) is 12.1 Å². The molecule has 0 aromatic heterocycles. The SMILES string of the molecule is CCOC(=O)/C=C/c1ccc(NC(=O)CN2CCc3cc(S(N)(=O)=O)ccc32)cc1. The van der Waals surface area contributed by atoms with E-state index in [9.17, 15) is 18.0 Å². The number of nitrogens with zero attached hydrogens (tertiary/aromatic N) is 1. The summed E-state index contributed by atoms with van der Waals surface area (Å²) in [4.78, 5) is 25.7. The van der Waals surface area contributed by atoms with Gasteiger partial charge < -0.3 is 15.0 Å². The summed E-state index contributed by atoms with van der Waals surface area (Å²) in [7, 11) is -3.75. The molecule has 0 bridgehead atoms. The van der Waals surface area contributed by atoms with Crippen LogP contribution < -0.4 is 15.4 Å². The van der Waals surface area contributed by atoms with E-state index >= 15 is 0 Å². The number of fused-ring (bicyclic) bond motifs is 1. The van der Waals surface area contributed by atoms with E-state index < -0.39 is 16.0 Å². The summed E-state index contributed by atoms with van der Waals surface area (Å²) < 4.78 is 27.8. The van der Waals surface area contributed by atoms with Crippen molar-refractivity contribution in [3.8, 4) is 0 Å². The number of primary sulfonamides is 1. The predicted molar refractivity (Wildman–Crippen MR) is 114 cm³/mol. The third-order valence-corrected chi connectivity index (χ3v) is 5.51. The molecule has 0 fully saturated rings. The molecule has 0 radical (unpaired) electrons. The Kier molecular flexibility index (Phi) is 6.53. The number of nitrogens with one attached hydrogen (secondary N) is 1. The molecule has 0 saturated carbocycles. The highest BCUT2D eigenvalue weighted by Crippen LogP contribution is 2.29. The van der Waals surface area contributed by atoms with Crippen LogP contribution in [-0.4, -0.2) is 40.0 Å². The highest BCUT2D eigenvalue weighted by Gasteiger charge is 2.23. The van der Waals surface area contributed by atoms with Crippen LogP contribution in [0.1, 0.15) is 18.1 Å². The molecule has 2 aromatic rings. The molecular formula is C21H23N3O5S. The summed E-state index contributed by atoms with van der Waals surface area (Å²) in [6, 6.07) is 11.8. The fraction of sp³-hybridized carbons (Fsp3) is 0.238. The van der Waals surface area contributed by atoms with Gasteiger partial charge in [0.05, 0.1) is 18.0 Å². The second kappa shape index (κ2) is 9.10. The average molecular weight is 429 g/mol. The highest BCUT2D eigenvalue weighted by molar-refractivity contribution is 7.89. The summed E-state index contributed by atoms with van der Waals surface area (Å²) in [5.41, 5.74) is 3.13. The van der Waals surface area contributed by atoms with E-state index in [1.807, 2.05) is 4.90 Å². The molecule has 0 spiro atoms. The Morgan fingerprint density at radius 3 is 2.60 bits per heavy atom. The van der Waals surface area contributed by atoms with Gasteiger partial charge in [0.15, 0.2) is 0 Å². The van der Waals surface area contributed by atoms with E-state index in [1.54, 1.807) is 49.4 Å². The van der Waals surface area contributed by atoms with Gasteiger partial charge in [-0.25, -0.2) is 18.4 Å². The van der Waals surface area contributed by atoms with E-state index in [0.717, 1.165) is 16.8 Å². The first-order valence-electron chi connectivity index (χ1n) is 9.41. The van der Waals surface area contributed by atoms with Crippen molar-refractivity contribution in [2.45, 2.75) is 18.2 Å². The number of sulfonamides is 1. The Labute approximate surface area is 175 Å². The Balaban J connectivity index is 1.59. The molecule has 2 aromatic carbocycles. The minimum atomic E-state index is -3.75. The fourth-order valence-corrected chi connectivity index (χ4v) is 3.76. The first-order chi connectivity index (χ1) is 14.3. The van der Waals surface area contributed by atoms with Crippen molar-refractivity contribution in [2.24, 2.45) is 5.14 Å². The fourth-order valence-electron chi connectivity index (χ4n) is 3.19. The molecule has 0 unspecified atom stereocenters. The van der Waals surface area contributed by atoms with E-state index in [1.165, 1.54) is 12.1 Å². The maximum Gasteiger partial charge on any atom is 0.330 e. The lowest BCUT2D eigenvalue weighted by Gasteiger charge is -2.19. The summed E-state index contributed by atoms with van der Waals surface area (Å²) in [6.45, 7) is 2.83. The number of carbonyl (C=O) groups excluding carboxylic acids is 2. The standard InChI is InChI=1S/C21H23N3O5S/c1-2-29-21(26)10-5-15-3-6-17(7-4-15)23-20(25)14-24-12-11-16-13-18(30(22,27)28)8-9-19(16)24/h3-10,13H,2,11-12,14H2,1H3,(H,23,25)(H2,22,27,28)/b10-5+. The van der Waals surface area contributed by atoms with Gasteiger partial charge in [-0.05, 0) is 60.9 Å². The molecule has 30 heavy (non-hydrogen) atoms. The van der Waals surface area contributed by atoms with Crippen LogP contribution in [0.25, 0.3) is 6.08 Å². The number of esters is 1. The first-order valence-corrected chi connectivity index (χ1v) is 11.0. The number of benzene rings is 2. The number of ether oxygens (including phenoxy) is 1. The van der Waals surface area contributed by atoms with Crippen LogP contribution in [0.15, 0.2) is 53.4 Å². The van der Waals surface area contributed by atoms with E-state index in [2.05, 4.69) is 5.32 Å². The van der Waals surface area contributed by atoms with Crippen molar-refractivity contribution in [3.05, 3.63) is 59.7 Å². The minimum absolute atomic E-state index is 0.0737. The van der Waals surface area contributed by atoms with Crippen LogP contribution in [0.2, 0.25) is 0 Å². The summed E-state index contributed by atoms with van der Waals surface area (Å²) >= 11 is 0. The number of amides is 1. The molecule has 9 heteroatoms. The lowest BCUT2D eigenvalue weighted by atomic mass is 10.2. The van der Waals surface area contributed by atoms with Gasteiger partial charge in [0.2, 0.25) is 15.9 Å². The minimum Gasteiger partial charge on any atom is -0.463 e. The van der Waals surface area contributed by atoms with E-state index in [4.69, 9.17) is 9.88 Å². The van der Waals surface area contributed by atoms with Gasteiger partial charge in [-0.3, -0.25) is 4.79 Å². The quantitative estimate of drug-likeness (QED) is 0.513. The smallest absolute Gasteiger partial charge is 0.330 e. The van der Waals surface area contributed by atoms with Gasteiger partial charge in [-0.2, -0.15) is 0 Å². The molecule has 8 nitrogen and oxygen atoms in total. The third kappa shape index (κ3) is 5.46. The number of hydrogen-bond acceptors (Lipinski definition) is 6.